The largest absolute Gasteiger partial charge is 0.494 e. The number of fused-ring (bicyclic) bond motifs is 2. The normalized spacial score (nSPS) is 17.1. The molecule has 2 aromatic heterocycles. The molecule has 1 aliphatic heterocycles. The molecular formula is C31H26F4N4O7. The Labute approximate surface area is 258 Å². The molecule has 0 aliphatic carbocycles. The molecule has 0 unspecified atom stereocenters. The summed E-state index contributed by atoms with van der Waals surface area (Å²) >= 11 is 0. The number of aryl methyl sites for hydroxylation is 1. The lowest BCUT2D eigenvalue weighted by Gasteiger charge is -2.31. The van der Waals surface area contributed by atoms with Gasteiger partial charge in [0.1, 0.15) is 40.5 Å². The molecule has 3 heterocycles. The second-order valence-electron chi connectivity index (χ2n) is 11.0. The number of nitrogens with two attached hydrogens (primary N) is 1. The molecule has 0 radical (unpaired) electrons. The Balaban J connectivity index is 1.58. The van der Waals surface area contributed by atoms with Gasteiger partial charge in [-0.05, 0) is 67.9 Å². The first kappa shape index (κ1) is 32.1. The van der Waals surface area contributed by atoms with Gasteiger partial charge in [-0.1, -0.05) is 0 Å². The minimum Gasteiger partial charge on any atom is -0.494 e. The van der Waals surface area contributed by atoms with Crippen LogP contribution in [0.25, 0.3) is 22.2 Å². The van der Waals surface area contributed by atoms with Gasteiger partial charge in [0.15, 0.2) is 5.69 Å². The van der Waals surface area contributed by atoms with Crippen LogP contribution in [0.2, 0.25) is 0 Å². The zero-order chi connectivity index (χ0) is 33.8. The number of nitrogens with zero attached hydrogens (tertiary/aromatic N) is 2. The Morgan fingerprint density at radius 3 is 2.37 bits per heavy atom. The van der Waals surface area contributed by atoms with E-state index in [-0.39, 0.29) is 62.7 Å². The van der Waals surface area contributed by atoms with Crippen molar-refractivity contribution >= 4 is 28.7 Å². The molecule has 1 aliphatic rings. The molecule has 4 aromatic rings. The van der Waals surface area contributed by atoms with Crippen LogP contribution in [-0.2, 0) is 15.8 Å². The highest BCUT2D eigenvalue weighted by atomic mass is 19.4. The quantitative estimate of drug-likeness (QED) is 0.209. The molecule has 2 aromatic carbocycles. The minimum atomic E-state index is -5.42. The van der Waals surface area contributed by atoms with Crippen molar-refractivity contribution in [2.45, 2.75) is 31.0 Å². The Hall–Kier alpha value is -5.31. The molecule has 0 fully saturated rings. The number of halogens is 4. The number of aromatic carboxylic acids is 1. The van der Waals surface area contributed by atoms with Crippen LogP contribution < -0.4 is 20.5 Å². The second-order valence-corrected chi connectivity index (χ2v) is 11.0. The molecule has 240 valence electrons. The van der Waals surface area contributed by atoms with E-state index in [4.69, 9.17) is 15.2 Å². The third kappa shape index (κ3) is 5.31. The Kier molecular flexibility index (Phi) is 7.85. The SMILES string of the molecule is COc1cc(C(=O)NC[C@](O)(c2cc3c(c(-c4ccc(F)cc4)n2)OC[C@]3(C)C(N)=O)C(F)(F)F)cc2cc(C)c(C(=O)O)nc12. The second kappa shape index (κ2) is 11.2. The monoisotopic (exact) mass is 642 g/mol. The van der Waals surface area contributed by atoms with Gasteiger partial charge in [-0.2, -0.15) is 13.2 Å². The summed E-state index contributed by atoms with van der Waals surface area (Å²) in [5.41, 5.74) is -1.04. The van der Waals surface area contributed by atoms with E-state index in [9.17, 15) is 42.2 Å². The number of primary amides is 1. The Morgan fingerprint density at radius 1 is 1.11 bits per heavy atom. The van der Waals surface area contributed by atoms with Crippen LogP contribution in [0.1, 0.15) is 44.6 Å². The van der Waals surface area contributed by atoms with Gasteiger partial charge >= 0.3 is 12.1 Å². The molecule has 5 rings (SSSR count). The molecule has 5 N–H and O–H groups in total. The van der Waals surface area contributed by atoms with Crippen molar-refractivity contribution in [2.75, 3.05) is 20.3 Å². The molecule has 0 spiro atoms. The number of aromatic nitrogens is 2. The summed E-state index contributed by atoms with van der Waals surface area (Å²) in [6, 6.07) is 9.30. The summed E-state index contributed by atoms with van der Waals surface area (Å²) in [5.74, 6) is -3.97. The molecule has 0 saturated heterocycles. The summed E-state index contributed by atoms with van der Waals surface area (Å²) in [5, 5.41) is 23.0. The number of alkyl halides is 3. The van der Waals surface area contributed by atoms with E-state index in [1.165, 1.54) is 45.2 Å². The lowest BCUT2D eigenvalue weighted by Crippen LogP contribution is -2.51. The number of carbonyl (C=O) groups excluding carboxylic acids is 2. The number of nitrogens with one attached hydrogen (secondary N) is 1. The van der Waals surface area contributed by atoms with E-state index in [1.807, 2.05) is 0 Å². The molecular weight excluding hydrogens is 616 g/mol. The predicted molar refractivity (Wildman–Crippen MR) is 154 cm³/mol. The first-order valence-corrected chi connectivity index (χ1v) is 13.5. The minimum absolute atomic E-state index is 0.0220. The van der Waals surface area contributed by atoms with Crippen LogP contribution >= 0.6 is 0 Å². The molecule has 15 heteroatoms. The van der Waals surface area contributed by atoms with Crippen LogP contribution in [0, 0.1) is 12.7 Å². The number of methoxy groups -OCH3 is 1. The fourth-order valence-electron chi connectivity index (χ4n) is 5.11. The van der Waals surface area contributed by atoms with Crippen LogP contribution in [-0.4, -0.2) is 64.4 Å². The van der Waals surface area contributed by atoms with Gasteiger partial charge in [-0.15, -0.1) is 0 Å². The van der Waals surface area contributed by atoms with E-state index < -0.39 is 53.0 Å². The average molecular weight is 643 g/mol. The van der Waals surface area contributed by atoms with Gasteiger partial charge in [0, 0.05) is 22.1 Å². The highest BCUT2D eigenvalue weighted by Gasteiger charge is 2.57. The standard InChI is InChI=1S/C31H26F4N4O7/c1-14-8-16-9-17(10-20(45-3)23(16)39-22(14)27(41)42)26(40)37-12-30(44,31(33,34)35)21-11-19-25(46-13-29(19,2)28(36)43)24(38-21)15-4-6-18(32)7-5-15/h4-11,44H,12-13H2,1-3H3,(H2,36,43)(H,37,40)(H,41,42)/t29-,30-/m0/s1. The van der Waals surface area contributed by atoms with Gasteiger partial charge in [0.25, 0.3) is 5.91 Å². The number of hydrogen-bond donors (Lipinski definition) is 4. The van der Waals surface area contributed by atoms with Gasteiger partial charge in [0.2, 0.25) is 11.5 Å². The molecule has 46 heavy (non-hydrogen) atoms. The fourth-order valence-corrected chi connectivity index (χ4v) is 5.11. The van der Waals surface area contributed by atoms with E-state index in [0.717, 1.165) is 24.3 Å². The molecule has 2 atom stereocenters. The summed E-state index contributed by atoms with van der Waals surface area (Å²) in [7, 11) is 1.24. The molecule has 0 saturated carbocycles. The topological polar surface area (TPSA) is 174 Å². The number of benzene rings is 2. The number of ether oxygens (including phenoxy) is 2. The van der Waals surface area contributed by atoms with Gasteiger partial charge in [0.05, 0.1) is 19.3 Å². The maximum atomic E-state index is 14.7. The van der Waals surface area contributed by atoms with Crippen LogP contribution in [0.4, 0.5) is 17.6 Å². The van der Waals surface area contributed by atoms with Crippen LogP contribution in [0.5, 0.6) is 11.5 Å². The number of rotatable bonds is 8. The predicted octanol–water partition coefficient (Wildman–Crippen LogP) is 3.77. The first-order valence-electron chi connectivity index (χ1n) is 13.5. The lowest BCUT2D eigenvalue weighted by atomic mass is 9.81. The Morgan fingerprint density at radius 2 is 1.78 bits per heavy atom. The summed E-state index contributed by atoms with van der Waals surface area (Å²) in [6.07, 6.45) is -5.42. The third-order valence-electron chi connectivity index (χ3n) is 7.89. The summed E-state index contributed by atoms with van der Waals surface area (Å²) < 4.78 is 68.7. The highest BCUT2D eigenvalue weighted by Crippen LogP contribution is 2.47. The van der Waals surface area contributed by atoms with Crippen molar-refractivity contribution in [3.05, 3.63) is 82.4 Å². The number of pyridine rings is 2. The number of carboxylic acids is 1. The number of aliphatic hydroxyl groups is 1. The smallest absolute Gasteiger partial charge is 0.424 e. The molecule has 2 amide bonds. The van der Waals surface area contributed by atoms with Crippen molar-refractivity contribution in [3.63, 3.8) is 0 Å². The number of amides is 2. The maximum absolute atomic E-state index is 14.7. The van der Waals surface area contributed by atoms with Crippen molar-refractivity contribution in [2.24, 2.45) is 5.73 Å². The van der Waals surface area contributed by atoms with Gasteiger partial charge in [-0.3, -0.25) is 9.59 Å². The summed E-state index contributed by atoms with van der Waals surface area (Å²) in [6.45, 7) is 1.09. The van der Waals surface area contributed by atoms with Crippen molar-refractivity contribution < 1.29 is 51.6 Å². The Bertz CT molecular complexity index is 1920. The van der Waals surface area contributed by atoms with Crippen LogP contribution in [0.3, 0.4) is 0 Å². The molecule has 0 bridgehead atoms. The van der Waals surface area contributed by atoms with Crippen molar-refractivity contribution in [1.82, 2.24) is 15.3 Å². The maximum Gasteiger partial charge on any atom is 0.424 e. The fraction of sp³-hybridized carbons (Fsp3) is 0.258. The number of hydrogen-bond acceptors (Lipinski definition) is 8. The number of carbonyl (C=O) groups is 3. The van der Waals surface area contributed by atoms with Crippen molar-refractivity contribution in [3.8, 4) is 22.8 Å². The molecule has 11 nitrogen and oxygen atoms in total. The zero-order valence-electron chi connectivity index (χ0n) is 24.5. The third-order valence-corrected chi connectivity index (χ3v) is 7.89. The summed E-state index contributed by atoms with van der Waals surface area (Å²) in [4.78, 5) is 45.3. The van der Waals surface area contributed by atoms with Crippen molar-refractivity contribution in [1.29, 1.82) is 0 Å². The van der Waals surface area contributed by atoms with E-state index >= 15 is 0 Å². The van der Waals surface area contributed by atoms with Gasteiger partial charge < -0.3 is 30.7 Å². The average Bonchev–Trinajstić information content (AvgIpc) is 3.35. The van der Waals surface area contributed by atoms with E-state index in [0.29, 0.717) is 0 Å². The first-order chi connectivity index (χ1) is 21.5. The van der Waals surface area contributed by atoms with E-state index in [1.54, 1.807) is 0 Å². The lowest BCUT2D eigenvalue weighted by molar-refractivity contribution is -0.265. The number of carboxylic acid groups (broad SMARTS) is 1. The van der Waals surface area contributed by atoms with Gasteiger partial charge in [-0.25, -0.2) is 19.2 Å². The van der Waals surface area contributed by atoms with E-state index in [2.05, 4.69) is 15.3 Å². The highest BCUT2D eigenvalue weighted by molar-refractivity contribution is 6.01. The zero-order valence-corrected chi connectivity index (χ0v) is 24.5. The van der Waals surface area contributed by atoms with Crippen LogP contribution in [0.15, 0.2) is 48.5 Å².